The Hall–Kier alpha value is -2.65. The monoisotopic (exact) mass is 477 g/mol. The van der Waals surface area contributed by atoms with Gasteiger partial charge in [0.1, 0.15) is 11.4 Å². The van der Waals surface area contributed by atoms with Crippen LogP contribution in [0.15, 0.2) is 30.5 Å². The van der Waals surface area contributed by atoms with Crippen LogP contribution in [-0.2, 0) is 12.7 Å². The van der Waals surface area contributed by atoms with Crippen LogP contribution < -0.4 is 4.74 Å². The van der Waals surface area contributed by atoms with Crippen LogP contribution in [0.5, 0.6) is 5.75 Å². The summed E-state index contributed by atoms with van der Waals surface area (Å²) in [4.78, 5) is 20.4. The van der Waals surface area contributed by atoms with E-state index in [0.29, 0.717) is 19.6 Å². The minimum atomic E-state index is -4.52. The van der Waals surface area contributed by atoms with Crippen molar-refractivity contribution in [3.05, 3.63) is 58.4 Å². The molecule has 2 saturated heterocycles. The molecule has 184 valence electrons. The summed E-state index contributed by atoms with van der Waals surface area (Å²) in [6.07, 6.45) is -2.46. The lowest BCUT2D eigenvalue weighted by Gasteiger charge is -2.34. The molecule has 1 N–H and O–H groups in total. The van der Waals surface area contributed by atoms with E-state index < -0.39 is 18.0 Å². The van der Waals surface area contributed by atoms with Gasteiger partial charge in [0.05, 0.1) is 18.3 Å². The first-order valence-electron chi connectivity index (χ1n) is 11.5. The molecule has 3 heterocycles. The van der Waals surface area contributed by atoms with Crippen LogP contribution in [0.25, 0.3) is 0 Å². The molecule has 1 aromatic carbocycles. The Labute approximate surface area is 197 Å². The van der Waals surface area contributed by atoms with E-state index in [-0.39, 0.29) is 23.6 Å². The number of hydrogen-bond acceptors (Lipinski definition) is 5. The number of halogens is 3. The molecule has 1 amide bonds. The highest BCUT2D eigenvalue weighted by Crippen LogP contribution is 2.35. The number of likely N-dealkylation sites (tertiary alicyclic amines) is 2. The van der Waals surface area contributed by atoms with Crippen LogP contribution in [0.1, 0.15) is 52.5 Å². The van der Waals surface area contributed by atoms with Gasteiger partial charge < -0.3 is 14.7 Å². The number of pyridine rings is 1. The Morgan fingerprint density at radius 3 is 2.53 bits per heavy atom. The number of alkyl halides is 3. The molecule has 9 heteroatoms. The second kappa shape index (κ2) is 9.54. The van der Waals surface area contributed by atoms with Gasteiger partial charge in [-0.25, -0.2) is 0 Å². The molecular formula is C25H30F3N3O3. The van der Waals surface area contributed by atoms with E-state index in [4.69, 9.17) is 4.74 Å². The molecule has 0 spiro atoms. The van der Waals surface area contributed by atoms with Crippen molar-refractivity contribution in [2.24, 2.45) is 0 Å². The largest absolute Gasteiger partial charge is 0.493 e. The fourth-order valence-corrected chi connectivity index (χ4v) is 4.78. The number of nitrogens with zero attached hydrogens (tertiary/aromatic N) is 3. The molecule has 6 nitrogen and oxygen atoms in total. The Morgan fingerprint density at radius 2 is 1.94 bits per heavy atom. The van der Waals surface area contributed by atoms with Crippen LogP contribution in [0, 0.1) is 13.8 Å². The summed E-state index contributed by atoms with van der Waals surface area (Å²) in [5.41, 5.74) is 2.64. The first-order valence-corrected chi connectivity index (χ1v) is 11.5. The van der Waals surface area contributed by atoms with Gasteiger partial charge in [0, 0.05) is 44.3 Å². The summed E-state index contributed by atoms with van der Waals surface area (Å²) in [5.74, 6) is 0.561. The molecule has 34 heavy (non-hydrogen) atoms. The number of rotatable bonds is 7. The molecule has 0 aliphatic carbocycles. The lowest BCUT2D eigenvalue weighted by atomic mass is 10.0. The molecule has 3 unspecified atom stereocenters. The fourth-order valence-electron chi connectivity index (χ4n) is 4.78. The number of fused-ring (bicyclic) bond motifs is 2. The highest BCUT2D eigenvalue weighted by molar-refractivity contribution is 5.94. The number of ether oxygens (including phenoxy) is 1. The minimum absolute atomic E-state index is 0.0456. The quantitative estimate of drug-likeness (QED) is 0.654. The third-order valence-corrected chi connectivity index (χ3v) is 6.93. The third kappa shape index (κ3) is 5.05. The number of amides is 1. The number of hydrogen-bond donors (Lipinski definition) is 1. The van der Waals surface area contributed by atoms with Crippen molar-refractivity contribution in [3.63, 3.8) is 0 Å². The molecule has 2 aromatic rings. The fraction of sp³-hybridized carbons (Fsp3) is 0.520. The molecule has 2 aliphatic heterocycles. The molecule has 2 fully saturated rings. The number of carbonyl (C=O) groups is 1. The number of carbonyl (C=O) groups excluding carboxylic acids is 1. The Kier molecular flexibility index (Phi) is 6.87. The van der Waals surface area contributed by atoms with Crippen LogP contribution in [0.4, 0.5) is 13.2 Å². The average Bonchev–Trinajstić information content (AvgIpc) is 3.38. The van der Waals surface area contributed by atoms with Crippen molar-refractivity contribution in [1.29, 1.82) is 0 Å². The SMILES string of the molecule is Cc1c(CN2CC3CC2CN3C(=O)c2ccc(C(F)(F)F)nc2)ccc(OCCC(C)O)c1C. The number of aliphatic hydroxyl groups is 1. The van der Waals surface area contributed by atoms with Crippen molar-refractivity contribution in [3.8, 4) is 5.75 Å². The summed E-state index contributed by atoms with van der Waals surface area (Å²) in [6.45, 7) is 8.37. The van der Waals surface area contributed by atoms with E-state index >= 15 is 0 Å². The van der Waals surface area contributed by atoms with E-state index in [9.17, 15) is 23.1 Å². The van der Waals surface area contributed by atoms with Crippen LogP contribution in [0.2, 0.25) is 0 Å². The smallest absolute Gasteiger partial charge is 0.433 e. The highest BCUT2D eigenvalue weighted by Gasteiger charge is 2.45. The van der Waals surface area contributed by atoms with Gasteiger partial charge in [-0.3, -0.25) is 14.7 Å². The summed E-state index contributed by atoms with van der Waals surface area (Å²) < 4.78 is 44.1. The average molecular weight is 478 g/mol. The van der Waals surface area contributed by atoms with Gasteiger partial charge in [-0.1, -0.05) is 6.07 Å². The van der Waals surface area contributed by atoms with Gasteiger partial charge in [0.25, 0.3) is 5.91 Å². The predicted octanol–water partition coefficient (Wildman–Crippen LogP) is 3.97. The van der Waals surface area contributed by atoms with Crippen LogP contribution in [0.3, 0.4) is 0 Å². The Balaban J connectivity index is 1.37. The molecule has 2 aliphatic rings. The van der Waals surface area contributed by atoms with E-state index in [1.807, 2.05) is 13.0 Å². The maximum Gasteiger partial charge on any atom is 0.433 e. The normalized spacial score (nSPS) is 21.2. The number of piperazine rings is 1. The number of aromatic nitrogens is 1. The molecular weight excluding hydrogens is 447 g/mol. The maximum absolute atomic E-state index is 12.9. The summed E-state index contributed by atoms with van der Waals surface area (Å²) in [6, 6.07) is 6.38. The number of aliphatic hydroxyl groups excluding tert-OH is 1. The van der Waals surface area contributed by atoms with Crippen molar-refractivity contribution < 1.29 is 27.8 Å². The van der Waals surface area contributed by atoms with Crippen molar-refractivity contribution in [2.45, 2.75) is 64.5 Å². The predicted molar refractivity (Wildman–Crippen MR) is 121 cm³/mol. The van der Waals surface area contributed by atoms with Gasteiger partial charge in [0.2, 0.25) is 0 Å². The van der Waals surface area contributed by atoms with Gasteiger partial charge in [-0.15, -0.1) is 0 Å². The maximum atomic E-state index is 12.9. The highest BCUT2D eigenvalue weighted by atomic mass is 19.4. The second-order valence-electron chi connectivity index (χ2n) is 9.32. The van der Waals surface area contributed by atoms with Gasteiger partial charge in [0.15, 0.2) is 0 Å². The zero-order chi connectivity index (χ0) is 24.6. The molecule has 4 rings (SSSR count). The first-order chi connectivity index (χ1) is 16.0. The van der Waals surface area contributed by atoms with Gasteiger partial charge >= 0.3 is 6.18 Å². The third-order valence-electron chi connectivity index (χ3n) is 6.93. The zero-order valence-electron chi connectivity index (χ0n) is 19.6. The van der Waals surface area contributed by atoms with Crippen molar-refractivity contribution >= 4 is 5.91 Å². The van der Waals surface area contributed by atoms with E-state index in [1.54, 1.807) is 11.8 Å². The number of benzene rings is 1. The van der Waals surface area contributed by atoms with Crippen molar-refractivity contribution in [1.82, 2.24) is 14.8 Å². The van der Waals surface area contributed by atoms with E-state index in [0.717, 1.165) is 43.1 Å². The summed E-state index contributed by atoms with van der Waals surface area (Å²) >= 11 is 0. The standard InChI is InChI=1S/C25H30F3N3O3/c1-15(32)8-9-34-22-6-4-19(16(2)17(22)3)12-30-13-21-10-20(30)14-31(21)24(33)18-5-7-23(29-11-18)25(26,27)28/h4-7,11,15,20-21,32H,8-10,12-14H2,1-3H3. The van der Waals surface area contributed by atoms with Crippen LogP contribution >= 0.6 is 0 Å². The lowest BCUT2D eigenvalue weighted by Crippen LogP contribution is -2.48. The molecule has 3 atom stereocenters. The molecule has 2 bridgehead atoms. The summed E-state index contributed by atoms with van der Waals surface area (Å²) in [5, 5.41) is 9.41. The first kappa shape index (κ1) is 24.5. The lowest BCUT2D eigenvalue weighted by molar-refractivity contribution is -0.141. The molecule has 0 saturated carbocycles. The van der Waals surface area contributed by atoms with E-state index in [1.165, 1.54) is 17.2 Å². The summed E-state index contributed by atoms with van der Waals surface area (Å²) in [7, 11) is 0. The van der Waals surface area contributed by atoms with Gasteiger partial charge in [-0.2, -0.15) is 13.2 Å². The zero-order valence-corrected chi connectivity index (χ0v) is 19.6. The molecule has 1 aromatic heterocycles. The van der Waals surface area contributed by atoms with Crippen molar-refractivity contribution in [2.75, 3.05) is 19.7 Å². The Morgan fingerprint density at radius 1 is 1.18 bits per heavy atom. The van der Waals surface area contributed by atoms with E-state index in [2.05, 4.69) is 22.9 Å². The van der Waals surface area contributed by atoms with Crippen LogP contribution in [-0.4, -0.2) is 63.7 Å². The minimum Gasteiger partial charge on any atom is -0.493 e. The Bertz CT molecular complexity index is 1040. The topological polar surface area (TPSA) is 65.9 Å². The van der Waals surface area contributed by atoms with Gasteiger partial charge in [-0.05, 0) is 62.1 Å². The second-order valence-corrected chi connectivity index (χ2v) is 9.32. The molecule has 0 radical (unpaired) electrons.